The van der Waals surface area contributed by atoms with Crippen molar-refractivity contribution in [3.8, 4) is 0 Å². The van der Waals surface area contributed by atoms with Crippen LogP contribution in [0.25, 0.3) is 0 Å². The topological polar surface area (TPSA) is 90.9 Å². The average Bonchev–Trinajstić information content (AvgIpc) is 2.43. The Morgan fingerprint density at radius 3 is 2.65 bits per heavy atom. The summed E-state index contributed by atoms with van der Waals surface area (Å²) in [5, 5.41) is 24.6. The Hall–Kier alpha value is -1.30. The summed E-state index contributed by atoms with van der Waals surface area (Å²) in [5.41, 5.74) is 7.03. The Balaban J connectivity index is 2.73. The first-order valence-corrected chi connectivity index (χ1v) is 6.98. The zero-order valence-corrected chi connectivity index (χ0v) is 12.6. The molecule has 1 aromatic carbocycles. The van der Waals surface area contributed by atoms with Crippen LogP contribution in [0.4, 0.5) is 0 Å². The maximum atomic E-state index is 9.05. The molecule has 6 heteroatoms. The molecular formula is C14H22ClN3O2. The molecule has 5 nitrogen and oxygen atoms in total. The summed E-state index contributed by atoms with van der Waals surface area (Å²) >= 11 is 6.19. The van der Waals surface area contributed by atoms with Crippen molar-refractivity contribution in [2.24, 2.45) is 16.8 Å². The van der Waals surface area contributed by atoms with Crippen molar-refractivity contribution >= 4 is 17.4 Å². The van der Waals surface area contributed by atoms with Gasteiger partial charge >= 0.3 is 0 Å². The third-order valence-corrected chi connectivity index (χ3v) is 3.61. The lowest BCUT2D eigenvalue weighted by Gasteiger charge is -2.22. The molecule has 0 aliphatic heterocycles. The highest BCUT2D eigenvalue weighted by Gasteiger charge is 2.13. The first kappa shape index (κ1) is 16.8. The highest BCUT2D eigenvalue weighted by Crippen LogP contribution is 2.18. The molecule has 0 radical (unpaired) electrons. The van der Waals surface area contributed by atoms with Crippen LogP contribution in [-0.4, -0.2) is 28.8 Å². The monoisotopic (exact) mass is 299 g/mol. The molecule has 0 spiro atoms. The van der Waals surface area contributed by atoms with Gasteiger partial charge in [0.05, 0.1) is 0 Å². The molecule has 0 heterocycles. The molecule has 0 bridgehead atoms. The molecule has 1 unspecified atom stereocenters. The molecule has 1 aromatic rings. The van der Waals surface area contributed by atoms with Crippen molar-refractivity contribution in [3.63, 3.8) is 0 Å². The van der Waals surface area contributed by atoms with Crippen LogP contribution in [0.5, 0.6) is 0 Å². The van der Waals surface area contributed by atoms with Gasteiger partial charge in [0.15, 0.2) is 5.84 Å². The largest absolute Gasteiger partial charge is 0.409 e. The molecule has 0 aliphatic carbocycles. The van der Waals surface area contributed by atoms with Gasteiger partial charge < -0.3 is 21.4 Å². The van der Waals surface area contributed by atoms with Gasteiger partial charge in [0.2, 0.25) is 0 Å². The average molecular weight is 300 g/mol. The van der Waals surface area contributed by atoms with E-state index in [2.05, 4.69) is 24.3 Å². The molecule has 0 saturated carbocycles. The van der Waals surface area contributed by atoms with E-state index in [1.165, 1.54) is 0 Å². The molecule has 1 rings (SSSR count). The highest BCUT2D eigenvalue weighted by atomic mass is 35.5. The predicted molar refractivity (Wildman–Crippen MR) is 81.1 cm³/mol. The Kier molecular flexibility index (Phi) is 6.78. The van der Waals surface area contributed by atoms with Crippen LogP contribution in [0, 0.1) is 5.92 Å². The van der Waals surface area contributed by atoms with Gasteiger partial charge in [-0.15, -0.1) is 0 Å². The second-order valence-corrected chi connectivity index (χ2v) is 5.44. The Bertz CT molecular complexity index is 464. The van der Waals surface area contributed by atoms with E-state index >= 15 is 0 Å². The van der Waals surface area contributed by atoms with Crippen LogP contribution in [-0.2, 0) is 6.54 Å². The first-order valence-electron chi connectivity index (χ1n) is 6.60. The van der Waals surface area contributed by atoms with Gasteiger partial charge in [-0.05, 0) is 24.0 Å². The third-order valence-electron chi connectivity index (χ3n) is 3.26. The maximum Gasteiger partial charge on any atom is 0.170 e. The molecule has 112 valence electrons. The number of oxime groups is 1. The van der Waals surface area contributed by atoms with Crippen molar-refractivity contribution in [2.45, 2.75) is 32.9 Å². The van der Waals surface area contributed by atoms with Crippen molar-refractivity contribution in [1.82, 2.24) is 5.32 Å². The van der Waals surface area contributed by atoms with Crippen LogP contribution in [0.3, 0.4) is 0 Å². The summed E-state index contributed by atoms with van der Waals surface area (Å²) in [7, 11) is 0. The molecular weight excluding hydrogens is 278 g/mol. The number of rotatable bonds is 7. The zero-order valence-electron chi connectivity index (χ0n) is 11.8. The van der Waals surface area contributed by atoms with Crippen LogP contribution < -0.4 is 11.1 Å². The van der Waals surface area contributed by atoms with Gasteiger partial charge in [0, 0.05) is 29.8 Å². The van der Waals surface area contributed by atoms with Crippen molar-refractivity contribution in [2.75, 3.05) is 6.61 Å². The van der Waals surface area contributed by atoms with E-state index in [1.54, 1.807) is 12.1 Å². The van der Waals surface area contributed by atoms with Gasteiger partial charge in [0.1, 0.15) is 0 Å². The highest BCUT2D eigenvalue weighted by molar-refractivity contribution is 6.31. The quantitative estimate of drug-likeness (QED) is 0.268. The fourth-order valence-corrected chi connectivity index (χ4v) is 2.21. The third kappa shape index (κ3) is 4.67. The minimum atomic E-state index is 0.0340. The summed E-state index contributed by atoms with van der Waals surface area (Å²) in [5.74, 6) is 0.462. The standard InChI is InChI=1S/C14H22ClN3O2/c1-9(2)13(5-6-19)17-8-11-4-3-10(7-12(11)15)14(16)18-20/h3-4,7,9,13,17,19-20H,5-6,8H2,1-2H3,(H2,16,18). The summed E-state index contributed by atoms with van der Waals surface area (Å²) in [4.78, 5) is 0. The smallest absolute Gasteiger partial charge is 0.170 e. The number of nitrogens with one attached hydrogen (secondary N) is 1. The van der Waals surface area contributed by atoms with Crippen molar-refractivity contribution in [3.05, 3.63) is 34.3 Å². The van der Waals surface area contributed by atoms with Gasteiger partial charge in [0.25, 0.3) is 0 Å². The number of benzene rings is 1. The molecule has 0 fully saturated rings. The minimum absolute atomic E-state index is 0.0340. The van der Waals surface area contributed by atoms with E-state index in [9.17, 15) is 0 Å². The van der Waals surface area contributed by atoms with Gasteiger partial charge in [-0.2, -0.15) is 0 Å². The van der Waals surface area contributed by atoms with Gasteiger partial charge in [-0.3, -0.25) is 0 Å². The lowest BCUT2D eigenvalue weighted by Crippen LogP contribution is -2.34. The first-order chi connectivity index (χ1) is 9.49. The van der Waals surface area contributed by atoms with Crippen LogP contribution in [0.15, 0.2) is 23.4 Å². The fourth-order valence-electron chi connectivity index (χ4n) is 1.96. The second kappa shape index (κ2) is 8.09. The number of halogens is 1. The number of hydrogen-bond acceptors (Lipinski definition) is 4. The van der Waals surface area contributed by atoms with E-state index in [0.717, 1.165) is 5.56 Å². The summed E-state index contributed by atoms with van der Waals surface area (Å²) in [6.07, 6.45) is 0.706. The lowest BCUT2D eigenvalue weighted by molar-refractivity contribution is 0.244. The number of amidine groups is 1. The van der Waals surface area contributed by atoms with Crippen LogP contribution in [0.2, 0.25) is 5.02 Å². The van der Waals surface area contributed by atoms with Crippen LogP contribution >= 0.6 is 11.6 Å². The Morgan fingerprint density at radius 2 is 2.15 bits per heavy atom. The van der Waals surface area contributed by atoms with Gasteiger partial charge in [-0.25, -0.2) is 0 Å². The Morgan fingerprint density at radius 1 is 1.45 bits per heavy atom. The number of aliphatic hydroxyl groups is 1. The number of aliphatic hydroxyl groups excluding tert-OH is 1. The fraction of sp³-hybridized carbons (Fsp3) is 0.500. The van der Waals surface area contributed by atoms with E-state index in [1.807, 2.05) is 6.07 Å². The SMILES string of the molecule is CC(C)C(CCO)NCc1ccc(/C(N)=N/O)cc1Cl. The summed E-state index contributed by atoms with van der Waals surface area (Å²) in [6.45, 7) is 4.98. The maximum absolute atomic E-state index is 9.05. The minimum Gasteiger partial charge on any atom is -0.409 e. The van der Waals surface area contributed by atoms with E-state index in [-0.39, 0.29) is 18.5 Å². The van der Waals surface area contributed by atoms with Crippen molar-refractivity contribution in [1.29, 1.82) is 0 Å². The number of nitrogens with zero attached hydrogens (tertiary/aromatic N) is 1. The molecule has 0 saturated heterocycles. The zero-order chi connectivity index (χ0) is 15.1. The van der Waals surface area contributed by atoms with Crippen LogP contribution in [0.1, 0.15) is 31.4 Å². The predicted octanol–water partition coefficient (Wildman–Crippen LogP) is 1.93. The van der Waals surface area contributed by atoms with E-state index < -0.39 is 0 Å². The Labute approximate surface area is 124 Å². The molecule has 0 amide bonds. The second-order valence-electron chi connectivity index (χ2n) is 5.04. The molecule has 0 aromatic heterocycles. The summed E-state index contributed by atoms with van der Waals surface area (Å²) < 4.78 is 0. The summed E-state index contributed by atoms with van der Waals surface area (Å²) in [6, 6.07) is 5.51. The lowest BCUT2D eigenvalue weighted by atomic mass is 10.0. The molecule has 20 heavy (non-hydrogen) atoms. The van der Waals surface area contributed by atoms with E-state index in [4.69, 9.17) is 27.6 Å². The van der Waals surface area contributed by atoms with Gasteiger partial charge in [-0.1, -0.05) is 42.7 Å². The molecule has 1 atom stereocenters. The molecule has 0 aliphatic rings. The number of hydrogen-bond donors (Lipinski definition) is 4. The normalized spacial score (nSPS) is 13.8. The van der Waals surface area contributed by atoms with Crippen molar-refractivity contribution < 1.29 is 10.3 Å². The molecule has 5 N–H and O–H groups in total. The number of nitrogens with two attached hydrogens (primary N) is 1. The van der Waals surface area contributed by atoms with E-state index in [0.29, 0.717) is 29.5 Å².